The van der Waals surface area contributed by atoms with Gasteiger partial charge in [0.2, 0.25) is 5.91 Å². The summed E-state index contributed by atoms with van der Waals surface area (Å²) in [5.74, 6) is 2.38. The Labute approximate surface area is 166 Å². The second kappa shape index (κ2) is 11.5. The Hall–Kier alpha value is -1.30. The lowest BCUT2D eigenvalue weighted by molar-refractivity contribution is -0.127. The van der Waals surface area contributed by atoms with Gasteiger partial charge in [-0.15, -0.1) is 0 Å². The lowest BCUT2D eigenvalue weighted by Crippen LogP contribution is -2.48. The van der Waals surface area contributed by atoms with Gasteiger partial charge in [-0.2, -0.15) is 0 Å². The number of piperidine rings is 1. The molecule has 2 atom stereocenters. The molecule has 2 fully saturated rings. The van der Waals surface area contributed by atoms with Crippen molar-refractivity contribution >= 4 is 11.9 Å². The Balaban J connectivity index is 1.79. The summed E-state index contributed by atoms with van der Waals surface area (Å²) in [6, 6.07) is 0.461. The lowest BCUT2D eigenvalue weighted by Gasteiger charge is -2.31. The monoisotopic (exact) mass is 379 g/mol. The molecule has 27 heavy (non-hydrogen) atoms. The van der Waals surface area contributed by atoms with Crippen LogP contribution in [-0.4, -0.2) is 74.5 Å². The first-order chi connectivity index (χ1) is 13.0. The molecule has 0 bridgehead atoms. The second-order valence-electron chi connectivity index (χ2n) is 8.77. The third-order valence-electron chi connectivity index (χ3n) is 6.12. The van der Waals surface area contributed by atoms with E-state index >= 15 is 0 Å². The van der Waals surface area contributed by atoms with Gasteiger partial charge in [-0.1, -0.05) is 26.7 Å². The third kappa shape index (κ3) is 8.08. The highest BCUT2D eigenvalue weighted by Gasteiger charge is 2.22. The van der Waals surface area contributed by atoms with E-state index in [0.717, 1.165) is 31.4 Å². The van der Waals surface area contributed by atoms with Gasteiger partial charge in [-0.25, -0.2) is 4.99 Å². The first kappa shape index (κ1) is 22.0. The quantitative estimate of drug-likeness (QED) is 0.405. The zero-order chi connectivity index (χ0) is 19.6. The molecule has 0 aromatic heterocycles. The van der Waals surface area contributed by atoms with Crippen LogP contribution in [0.3, 0.4) is 0 Å². The smallest absolute Gasteiger partial charge is 0.243 e. The van der Waals surface area contributed by atoms with Crippen molar-refractivity contribution in [2.45, 2.75) is 64.8 Å². The number of carbonyl (C=O) groups excluding carboxylic acids is 1. The van der Waals surface area contributed by atoms with Gasteiger partial charge in [-0.3, -0.25) is 4.79 Å². The fraction of sp³-hybridized carbons (Fsp3) is 0.905. The van der Waals surface area contributed by atoms with E-state index in [4.69, 9.17) is 0 Å². The third-order valence-corrected chi connectivity index (χ3v) is 6.12. The van der Waals surface area contributed by atoms with Crippen molar-refractivity contribution in [3.63, 3.8) is 0 Å². The highest BCUT2D eigenvalue weighted by Crippen LogP contribution is 2.23. The van der Waals surface area contributed by atoms with Crippen LogP contribution in [0.4, 0.5) is 0 Å². The fourth-order valence-electron chi connectivity index (χ4n) is 3.94. The Morgan fingerprint density at radius 3 is 2.48 bits per heavy atom. The number of rotatable bonds is 7. The molecule has 0 aromatic carbocycles. The Bertz CT molecular complexity index is 471. The molecule has 0 aromatic rings. The van der Waals surface area contributed by atoms with Gasteiger partial charge in [0.25, 0.3) is 0 Å². The molecule has 6 nitrogen and oxygen atoms in total. The number of guanidine groups is 1. The molecule has 2 rings (SSSR count). The zero-order valence-electron chi connectivity index (χ0n) is 18.0. The summed E-state index contributed by atoms with van der Waals surface area (Å²) in [5.41, 5.74) is 0. The van der Waals surface area contributed by atoms with Gasteiger partial charge in [-0.05, 0) is 63.6 Å². The van der Waals surface area contributed by atoms with Gasteiger partial charge in [0, 0.05) is 26.7 Å². The molecule has 1 heterocycles. The van der Waals surface area contributed by atoms with Crippen molar-refractivity contribution in [1.29, 1.82) is 0 Å². The van der Waals surface area contributed by atoms with E-state index in [1.807, 2.05) is 0 Å². The number of amides is 1. The van der Waals surface area contributed by atoms with Gasteiger partial charge >= 0.3 is 0 Å². The first-order valence-electron chi connectivity index (χ1n) is 10.9. The highest BCUT2D eigenvalue weighted by atomic mass is 16.2. The van der Waals surface area contributed by atoms with Crippen LogP contribution in [0, 0.1) is 11.8 Å². The number of nitrogens with zero attached hydrogens (tertiary/aromatic N) is 3. The van der Waals surface area contributed by atoms with Crippen molar-refractivity contribution < 1.29 is 4.79 Å². The first-order valence-corrected chi connectivity index (χ1v) is 10.9. The molecule has 1 amide bonds. The van der Waals surface area contributed by atoms with Crippen LogP contribution < -0.4 is 10.6 Å². The van der Waals surface area contributed by atoms with Crippen LogP contribution >= 0.6 is 0 Å². The van der Waals surface area contributed by atoms with Gasteiger partial charge in [0.05, 0.1) is 0 Å². The minimum Gasteiger partial charge on any atom is -0.356 e. The Kier molecular flexibility index (Phi) is 9.39. The predicted molar refractivity (Wildman–Crippen MR) is 113 cm³/mol. The van der Waals surface area contributed by atoms with Gasteiger partial charge in [0.1, 0.15) is 6.54 Å². The molecular weight excluding hydrogens is 338 g/mol. The highest BCUT2D eigenvalue weighted by molar-refractivity contribution is 5.84. The van der Waals surface area contributed by atoms with Crippen LogP contribution in [0.15, 0.2) is 4.99 Å². The van der Waals surface area contributed by atoms with Gasteiger partial charge in [0.15, 0.2) is 5.96 Å². The van der Waals surface area contributed by atoms with Crippen molar-refractivity contribution in [1.82, 2.24) is 20.4 Å². The maximum absolute atomic E-state index is 11.9. The van der Waals surface area contributed by atoms with Crippen LogP contribution in [0.2, 0.25) is 0 Å². The molecule has 1 aliphatic carbocycles. The van der Waals surface area contributed by atoms with Crippen molar-refractivity contribution in [3.05, 3.63) is 0 Å². The van der Waals surface area contributed by atoms with Crippen LogP contribution in [0.1, 0.15) is 58.8 Å². The minimum atomic E-state index is 0.0372. The summed E-state index contributed by atoms with van der Waals surface area (Å²) in [4.78, 5) is 20.7. The summed E-state index contributed by atoms with van der Waals surface area (Å²) in [6.45, 7) is 9.38. The number of likely N-dealkylation sites (tertiary alicyclic amines) is 1. The van der Waals surface area contributed by atoms with Crippen LogP contribution in [0.25, 0.3) is 0 Å². The van der Waals surface area contributed by atoms with E-state index in [-0.39, 0.29) is 12.5 Å². The molecule has 2 N–H and O–H groups in total. The fourth-order valence-corrected chi connectivity index (χ4v) is 3.94. The summed E-state index contributed by atoms with van der Waals surface area (Å²) in [5, 5.41) is 7.07. The number of hydrogen-bond donors (Lipinski definition) is 2. The number of hydrogen-bond acceptors (Lipinski definition) is 3. The molecule has 1 aliphatic heterocycles. The molecule has 6 heteroatoms. The van der Waals surface area contributed by atoms with Gasteiger partial charge < -0.3 is 20.4 Å². The topological polar surface area (TPSA) is 60.0 Å². The van der Waals surface area contributed by atoms with E-state index in [2.05, 4.69) is 34.4 Å². The van der Waals surface area contributed by atoms with Crippen molar-refractivity contribution in [2.24, 2.45) is 16.8 Å². The maximum atomic E-state index is 11.9. The number of likely N-dealkylation sites (N-methyl/N-ethyl adjacent to an activating group) is 1. The SMILES string of the molecule is CC1CCN(CCCNC(=NCC(=O)N(C)C)NC2CCCCC2C)CC1. The second-order valence-corrected chi connectivity index (χ2v) is 8.77. The molecule has 2 unspecified atom stereocenters. The minimum absolute atomic E-state index is 0.0372. The Morgan fingerprint density at radius 2 is 1.81 bits per heavy atom. The molecule has 0 spiro atoms. The molecule has 0 radical (unpaired) electrons. The summed E-state index contributed by atoms with van der Waals surface area (Å²) in [6.07, 6.45) is 8.83. The van der Waals surface area contributed by atoms with E-state index in [0.29, 0.717) is 12.0 Å². The average Bonchev–Trinajstić information content (AvgIpc) is 2.65. The molecule has 1 saturated carbocycles. The molecular formula is C21H41N5O. The normalized spacial score (nSPS) is 25.3. The molecule has 1 saturated heterocycles. The van der Waals surface area contributed by atoms with E-state index in [1.54, 1.807) is 19.0 Å². The zero-order valence-corrected chi connectivity index (χ0v) is 18.0. The summed E-state index contributed by atoms with van der Waals surface area (Å²) >= 11 is 0. The van der Waals surface area contributed by atoms with E-state index in [1.165, 1.54) is 51.6 Å². The van der Waals surface area contributed by atoms with Crippen molar-refractivity contribution in [3.8, 4) is 0 Å². The molecule has 2 aliphatic rings. The number of carbonyl (C=O) groups is 1. The maximum Gasteiger partial charge on any atom is 0.243 e. The standard InChI is InChI=1S/C21H41N5O/c1-17-10-14-26(15-11-17)13-7-12-22-21(23-16-20(27)25(3)4)24-19-9-6-5-8-18(19)2/h17-19H,5-16H2,1-4H3,(H2,22,23,24). The van der Waals surface area contributed by atoms with Crippen LogP contribution in [-0.2, 0) is 4.79 Å². The number of nitrogens with one attached hydrogen (secondary N) is 2. The van der Waals surface area contributed by atoms with E-state index in [9.17, 15) is 4.79 Å². The summed E-state index contributed by atoms with van der Waals surface area (Å²) < 4.78 is 0. The average molecular weight is 380 g/mol. The Morgan fingerprint density at radius 1 is 1.11 bits per heavy atom. The van der Waals surface area contributed by atoms with Crippen molar-refractivity contribution in [2.75, 3.05) is 46.8 Å². The lowest BCUT2D eigenvalue weighted by atomic mass is 9.86. The molecule has 156 valence electrons. The van der Waals surface area contributed by atoms with Crippen LogP contribution in [0.5, 0.6) is 0 Å². The van der Waals surface area contributed by atoms with E-state index < -0.39 is 0 Å². The largest absolute Gasteiger partial charge is 0.356 e. The summed E-state index contributed by atoms with van der Waals surface area (Å²) in [7, 11) is 3.56. The predicted octanol–water partition coefficient (Wildman–Crippen LogP) is 2.31. The number of aliphatic imine (C=N–C) groups is 1.